The van der Waals surface area contributed by atoms with E-state index < -0.39 is 0 Å². The van der Waals surface area contributed by atoms with Gasteiger partial charge in [0.1, 0.15) is 5.82 Å². The Morgan fingerprint density at radius 1 is 1.35 bits per heavy atom. The molecule has 0 saturated carbocycles. The summed E-state index contributed by atoms with van der Waals surface area (Å²) in [4.78, 5) is 22.4. The summed E-state index contributed by atoms with van der Waals surface area (Å²) in [6.45, 7) is 4.78. The van der Waals surface area contributed by atoms with E-state index in [1.165, 1.54) is 0 Å². The maximum atomic E-state index is 12.4. The Bertz CT molecular complexity index is 584. The highest BCUT2D eigenvalue weighted by Crippen LogP contribution is 2.31. The number of rotatable bonds is 2. The molecule has 2 heterocycles. The molecule has 3 rings (SSSR count). The Balaban J connectivity index is 1.94. The van der Waals surface area contributed by atoms with Crippen molar-refractivity contribution in [2.75, 3.05) is 6.54 Å². The lowest BCUT2D eigenvalue weighted by Gasteiger charge is -2.35. The van der Waals surface area contributed by atoms with E-state index in [2.05, 4.69) is 9.97 Å². The minimum atomic E-state index is 0.0416. The molecule has 1 aliphatic heterocycles. The number of aromatic nitrogens is 2. The van der Waals surface area contributed by atoms with Crippen molar-refractivity contribution >= 4 is 16.9 Å². The summed E-state index contributed by atoms with van der Waals surface area (Å²) < 4.78 is 0. The van der Waals surface area contributed by atoms with E-state index in [4.69, 9.17) is 0 Å². The fourth-order valence-corrected chi connectivity index (χ4v) is 2.94. The fourth-order valence-electron chi connectivity index (χ4n) is 2.94. The number of benzene rings is 1. The van der Waals surface area contributed by atoms with Gasteiger partial charge in [-0.25, -0.2) is 4.98 Å². The lowest BCUT2D eigenvalue weighted by Crippen LogP contribution is -2.41. The van der Waals surface area contributed by atoms with Crippen molar-refractivity contribution < 1.29 is 4.79 Å². The van der Waals surface area contributed by atoms with E-state index in [1.807, 2.05) is 43.0 Å². The second-order valence-electron chi connectivity index (χ2n) is 5.84. The minimum Gasteiger partial charge on any atom is -0.340 e. The molecule has 2 aromatic rings. The maximum Gasteiger partial charge on any atom is 0.225 e. The van der Waals surface area contributed by atoms with E-state index in [0.717, 1.165) is 42.7 Å². The van der Waals surface area contributed by atoms with Crippen LogP contribution in [0.2, 0.25) is 0 Å². The molecule has 1 N–H and O–H groups in total. The SMILES string of the molecule is CC(C)C(=O)N1CCCC[C@H]1c1nc2ccccc2[nH]1. The van der Waals surface area contributed by atoms with Crippen LogP contribution in [0.4, 0.5) is 0 Å². The van der Waals surface area contributed by atoms with Crippen molar-refractivity contribution in [2.45, 2.75) is 39.2 Å². The summed E-state index contributed by atoms with van der Waals surface area (Å²) in [6, 6.07) is 8.13. The summed E-state index contributed by atoms with van der Waals surface area (Å²) in [5.41, 5.74) is 2.02. The lowest BCUT2D eigenvalue weighted by atomic mass is 9.99. The van der Waals surface area contributed by atoms with Gasteiger partial charge in [-0.1, -0.05) is 26.0 Å². The third-order valence-corrected chi connectivity index (χ3v) is 4.00. The normalized spacial score (nSPS) is 19.8. The van der Waals surface area contributed by atoms with Gasteiger partial charge in [-0.15, -0.1) is 0 Å². The lowest BCUT2D eigenvalue weighted by molar-refractivity contribution is -0.138. The van der Waals surface area contributed by atoms with Crippen LogP contribution in [0.5, 0.6) is 0 Å². The first-order chi connectivity index (χ1) is 9.66. The monoisotopic (exact) mass is 271 g/mol. The smallest absolute Gasteiger partial charge is 0.225 e. The third-order valence-electron chi connectivity index (χ3n) is 4.00. The molecule has 0 unspecified atom stereocenters. The first-order valence-electron chi connectivity index (χ1n) is 7.42. The van der Waals surface area contributed by atoms with Gasteiger partial charge in [0.25, 0.3) is 0 Å². The van der Waals surface area contributed by atoms with Crippen molar-refractivity contribution in [1.82, 2.24) is 14.9 Å². The van der Waals surface area contributed by atoms with E-state index in [1.54, 1.807) is 0 Å². The Morgan fingerprint density at radius 3 is 2.90 bits per heavy atom. The highest BCUT2D eigenvalue weighted by molar-refractivity contribution is 5.79. The Morgan fingerprint density at radius 2 is 2.15 bits per heavy atom. The number of nitrogens with zero attached hydrogens (tertiary/aromatic N) is 2. The molecule has 1 aliphatic rings. The van der Waals surface area contributed by atoms with E-state index in [0.29, 0.717) is 0 Å². The standard InChI is InChI=1S/C16H21N3O/c1-11(2)16(20)19-10-6-5-9-14(19)15-17-12-7-3-4-8-13(12)18-15/h3-4,7-8,11,14H,5-6,9-10H2,1-2H3,(H,17,18)/t14-/m0/s1. The number of imidazole rings is 1. The van der Waals surface area contributed by atoms with Gasteiger partial charge in [-0.05, 0) is 31.4 Å². The van der Waals surface area contributed by atoms with Crippen LogP contribution in [0.3, 0.4) is 0 Å². The van der Waals surface area contributed by atoms with Gasteiger partial charge in [0.2, 0.25) is 5.91 Å². The van der Waals surface area contributed by atoms with Crippen molar-refractivity contribution in [3.63, 3.8) is 0 Å². The zero-order valence-corrected chi connectivity index (χ0v) is 12.1. The summed E-state index contributed by atoms with van der Waals surface area (Å²) in [5.74, 6) is 1.20. The number of carbonyl (C=O) groups is 1. The van der Waals surface area contributed by atoms with Gasteiger partial charge in [0.05, 0.1) is 17.1 Å². The minimum absolute atomic E-state index is 0.0416. The van der Waals surface area contributed by atoms with Crippen molar-refractivity contribution in [1.29, 1.82) is 0 Å². The number of hydrogen-bond donors (Lipinski definition) is 1. The van der Waals surface area contributed by atoms with Crippen molar-refractivity contribution in [2.24, 2.45) is 5.92 Å². The molecule has 4 heteroatoms. The van der Waals surface area contributed by atoms with Crippen molar-refractivity contribution in [3.8, 4) is 0 Å². The van der Waals surface area contributed by atoms with Gasteiger partial charge in [0.15, 0.2) is 0 Å². The average molecular weight is 271 g/mol. The number of H-pyrrole nitrogens is 1. The molecule has 4 nitrogen and oxygen atoms in total. The fraction of sp³-hybridized carbons (Fsp3) is 0.500. The van der Waals surface area contributed by atoms with Crippen LogP contribution < -0.4 is 0 Å². The van der Waals surface area contributed by atoms with Gasteiger partial charge in [0, 0.05) is 12.5 Å². The Labute approximate surface area is 119 Å². The molecule has 1 saturated heterocycles. The molecule has 1 aromatic carbocycles. The third kappa shape index (κ3) is 2.30. The number of amides is 1. The first-order valence-corrected chi connectivity index (χ1v) is 7.42. The number of likely N-dealkylation sites (tertiary alicyclic amines) is 1. The zero-order valence-electron chi connectivity index (χ0n) is 12.1. The van der Waals surface area contributed by atoms with Crippen LogP contribution in [-0.4, -0.2) is 27.3 Å². The number of piperidine rings is 1. The van der Waals surface area contributed by atoms with Gasteiger partial charge < -0.3 is 9.88 Å². The number of aromatic amines is 1. The molecule has 0 radical (unpaired) electrons. The largest absolute Gasteiger partial charge is 0.340 e. The highest BCUT2D eigenvalue weighted by atomic mass is 16.2. The van der Waals surface area contributed by atoms with Crippen LogP contribution >= 0.6 is 0 Å². The maximum absolute atomic E-state index is 12.4. The van der Waals surface area contributed by atoms with Crippen LogP contribution in [-0.2, 0) is 4.79 Å². The number of fused-ring (bicyclic) bond motifs is 1. The summed E-state index contributed by atoms with van der Waals surface area (Å²) in [7, 11) is 0. The molecule has 0 aliphatic carbocycles. The van der Waals surface area contributed by atoms with E-state index >= 15 is 0 Å². The van der Waals surface area contributed by atoms with Crippen molar-refractivity contribution in [3.05, 3.63) is 30.1 Å². The van der Waals surface area contributed by atoms with E-state index in [-0.39, 0.29) is 17.9 Å². The van der Waals surface area contributed by atoms with Crippen LogP contribution in [0.25, 0.3) is 11.0 Å². The van der Waals surface area contributed by atoms with Gasteiger partial charge in [-0.3, -0.25) is 4.79 Å². The molecule has 1 atom stereocenters. The molecule has 0 spiro atoms. The quantitative estimate of drug-likeness (QED) is 0.911. The molecular weight excluding hydrogens is 250 g/mol. The topological polar surface area (TPSA) is 49.0 Å². The summed E-state index contributed by atoms with van der Waals surface area (Å²) in [6.07, 6.45) is 3.25. The molecule has 1 fully saturated rings. The predicted octanol–water partition coefficient (Wildman–Crippen LogP) is 3.27. The van der Waals surface area contributed by atoms with Gasteiger partial charge in [-0.2, -0.15) is 0 Å². The number of nitrogens with one attached hydrogen (secondary N) is 1. The molecule has 20 heavy (non-hydrogen) atoms. The molecule has 0 bridgehead atoms. The molecular formula is C16H21N3O. The summed E-state index contributed by atoms with van der Waals surface area (Å²) in [5, 5.41) is 0. The van der Waals surface area contributed by atoms with Crippen LogP contribution in [0, 0.1) is 5.92 Å². The Kier molecular flexibility index (Phi) is 3.47. The second kappa shape index (κ2) is 5.27. The number of hydrogen-bond acceptors (Lipinski definition) is 2. The molecule has 1 aromatic heterocycles. The Hall–Kier alpha value is -1.84. The number of carbonyl (C=O) groups excluding carboxylic acids is 1. The average Bonchev–Trinajstić information content (AvgIpc) is 2.90. The summed E-state index contributed by atoms with van der Waals surface area (Å²) >= 11 is 0. The van der Waals surface area contributed by atoms with Gasteiger partial charge >= 0.3 is 0 Å². The number of para-hydroxylation sites is 2. The molecule has 1 amide bonds. The zero-order chi connectivity index (χ0) is 14.1. The van der Waals surface area contributed by atoms with E-state index in [9.17, 15) is 4.79 Å². The highest BCUT2D eigenvalue weighted by Gasteiger charge is 2.31. The first kappa shape index (κ1) is 13.2. The van der Waals surface area contributed by atoms with Crippen LogP contribution in [0.15, 0.2) is 24.3 Å². The second-order valence-corrected chi connectivity index (χ2v) is 5.84. The predicted molar refractivity (Wildman–Crippen MR) is 79.2 cm³/mol. The van der Waals surface area contributed by atoms with Crippen LogP contribution in [0.1, 0.15) is 45.0 Å². The molecule has 106 valence electrons.